The number of nitrogens with two attached hydrogens (primary N) is 1. The lowest BCUT2D eigenvalue weighted by Crippen LogP contribution is -2.32. The van der Waals surface area contributed by atoms with E-state index in [1.165, 1.54) is 16.0 Å². The molecule has 0 aliphatic carbocycles. The molecule has 0 radical (unpaired) electrons. The zero-order valence-corrected chi connectivity index (χ0v) is 19.0. The molecule has 8 nitrogen and oxygen atoms in total. The van der Waals surface area contributed by atoms with Crippen molar-refractivity contribution in [3.63, 3.8) is 0 Å². The number of anilines is 1. The van der Waals surface area contributed by atoms with Crippen LogP contribution in [0.15, 0.2) is 34.6 Å². The number of carbonyl (C=O) groups is 1. The van der Waals surface area contributed by atoms with Crippen molar-refractivity contribution in [2.75, 3.05) is 12.8 Å². The molecule has 0 atom stereocenters. The molecule has 2 aromatic heterocycles. The van der Waals surface area contributed by atoms with Gasteiger partial charge in [0.2, 0.25) is 5.91 Å². The molecule has 2 heterocycles. The fraction of sp³-hybridized carbons (Fsp3) is 0.333. The van der Waals surface area contributed by atoms with E-state index in [1.807, 2.05) is 30.6 Å². The number of halogens is 1. The third-order valence-corrected chi connectivity index (χ3v) is 5.82. The monoisotopic (exact) mass is 460 g/mol. The highest BCUT2D eigenvalue weighted by molar-refractivity contribution is 7.13. The number of aryl methyl sites for hydroxylation is 3. The van der Waals surface area contributed by atoms with E-state index >= 15 is 0 Å². The number of thiazole rings is 1. The highest BCUT2D eigenvalue weighted by Gasteiger charge is 2.14. The van der Waals surface area contributed by atoms with Gasteiger partial charge < -0.3 is 16.4 Å². The lowest BCUT2D eigenvalue weighted by atomic mass is 10.1. The topological polar surface area (TPSA) is 115 Å². The standard InChI is InChI=1S/C21H25ClN6O2S/c1-13-9-26-28(6-5-17-12-31-21(23)27-17)20(30)18(13)8-19(29)25-11-15-7-16(22)4-3-14(15)10-24-2/h3-4,7,9,12,24H,5-6,8,10-11H2,1-2H3,(H2,23,27)(H,25,29). The maximum atomic E-state index is 12.9. The second kappa shape index (κ2) is 10.5. The average molecular weight is 461 g/mol. The Hall–Kier alpha value is -2.75. The van der Waals surface area contributed by atoms with E-state index in [1.54, 1.807) is 13.1 Å². The zero-order chi connectivity index (χ0) is 22.4. The molecule has 0 aliphatic heterocycles. The van der Waals surface area contributed by atoms with Gasteiger partial charge in [-0.05, 0) is 42.8 Å². The highest BCUT2D eigenvalue weighted by atomic mass is 35.5. The first-order valence-corrected chi connectivity index (χ1v) is 11.1. The van der Waals surface area contributed by atoms with Gasteiger partial charge in [-0.3, -0.25) is 9.59 Å². The van der Waals surface area contributed by atoms with Gasteiger partial charge in [0.1, 0.15) is 0 Å². The van der Waals surface area contributed by atoms with Gasteiger partial charge in [-0.15, -0.1) is 11.3 Å². The molecule has 0 saturated carbocycles. The van der Waals surface area contributed by atoms with Crippen LogP contribution in [0.4, 0.5) is 5.13 Å². The number of nitrogens with zero attached hydrogens (tertiary/aromatic N) is 3. The summed E-state index contributed by atoms with van der Waals surface area (Å²) in [5.74, 6) is -0.236. The molecule has 0 saturated heterocycles. The maximum Gasteiger partial charge on any atom is 0.270 e. The summed E-state index contributed by atoms with van der Waals surface area (Å²) in [6.45, 7) is 3.15. The Bertz CT molecular complexity index is 1130. The van der Waals surface area contributed by atoms with Gasteiger partial charge in [-0.25, -0.2) is 9.67 Å². The van der Waals surface area contributed by atoms with Crippen LogP contribution in [0.3, 0.4) is 0 Å². The summed E-state index contributed by atoms with van der Waals surface area (Å²) in [6.07, 6.45) is 2.14. The Kier molecular flexibility index (Phi) is 7.78. The third kappa shape index (κ3) is 6.13. The van der Waals surface area contributed by atoms with E-state index in [9.17, 15) is 9.59 Å². The molecular weight excluding hydrogens is 436 g/mol. The van der Waals surface area contributed by atoms with Crippen molar-refractivity contribution in [1.82, 2.24) is 25.4 Å². The molecule has 31 heavy (non-hydrogen) atoms. The Morgan fingerprint density at radius 2 is 2.10 bits per heavy atom. The minimum atomic E-state index is -0.267. The van der Waals surface area contributed by atoms with E-state index in [-0.39, 0.29) is 17.9 Å². The Morgan fingerprint density at radius 3 is 2.81 bits per heavy atom. The van der Waals surface area contributed by atoms with Crippen LogP contribution >= 0.6 is 22.9 Å². The summed E-state index contributed by atoms with van der Waals surface area (Å²) in [4.78, 5) is 29.6. The second-order valence-electron chi connectivity index (χ2n) is 7.16. The number of nitrogen functional groups attached to an aromatic ring is 1. The van der Waals surface area contributed by atoms with Crippen LogP contribution in [-0.2, 0) is 37.3 Å². The summed E-state index contributed by atoms with van der Waals surface area (Å²) < 4.78 is 1.37. The van der Waals surface area contributed by atoms with Gasteiger partial charge in [0.15, 0.2) is 5.13 Å². The largest absolute Gasteiger partial charge is 0.375 e. The van der Waals surface area contributed by atoms with Crippen molar-refractivity contribution in [3.8, 4) is 0 Å². The van der Waals surface area contributed by atoms with Crippen molar-refractivity contribution >= 4 is 34.0 Å². The smallest absolute Gasteiger partial charge is 0.270 e. The Balaban J connectivity index is 1.67. The molecule has 0 unspecified atom stereocenters. The third-order valence-electron chi connectivity index (χ3n) is 4.86. The Labute approximate surface area is 189 Å². The summed E-state index contributed by atoms with van der Waals surface area (Å²) in [7, 11) is 1.86. The number of aromatic nitrogens is 3. The molecule has 0 bridgehead atoms. The SMILES string of the molecule is CNCc1ccc(Cl)cc1CNC(=O)Cc1c(C)cnn(CCc2csc(N)n2)c1=O. The van der Waals surface area contributed by atoms with Crippen molar-refractivity contribution in [2.45, 2.75) is 39.4 Å². The van der Waals surface area contributed by atoms with Gasteiger partial charge >= 0.3 is 0 Å². The van der Waals surface area contributed by atoms with Gasteiger partial charge in [0.25, 0.3) is 5.56 Å². The number of benzene rings is 1. The lowest BCUT2D eigenvalue weighted by molar-refractivity contribution is -0.120. The van der Waals surface area contributed by atoms with Gasteiger partial charge in [-0.2, -0.15) is 5.10 Å². The van der Waals surface area contributed by atoms with Gasteiger partial charge in [0, 0.05) is 35.5 Å². The summed E-state index contributed by atoms with van der Waals surface area (Å²) >= 11 is 7.46. The second-order valence-corrected chi connectivity index (χ2v) is 8.48. The van der Waals surface area contributed by atoms with Gasteiger partial charge in [0.05, 0.1) is 24.9 Å². The van der Waals surface area contributed by atoms with E-state index in [4.69, 9.17) is 17.3 Å². The quantitative estimate of drug-likeness (QED) is 0.450. The normalized spacial score (nSPS) is 10.9. The number of carbonyl (C=O) groups excluding carboxylic acids is 1. The summed E-state index contributed by atoms with van der Waals surface area (Å²) in [5.41, 5.74) is 9.31. The number of amides is 1. The van der Waals surface area contributed by atoms with E-state index in [0.29, 0.717) is 47.3 Å². The molecule has 3 aromatic rings. The molecule has 0 aliphatic rings. The van der Waals surface area contributed by atoms with Crippen LogP contribution in [0.2, 0.25) is 5.02 Å². The zero-order valence-electron chi connectivity index (χ0n) is 17.4. The molecule has 1 amide bonds. The first kappa shape index (κ1) is 22.9. The van der Waals surface area contributed by atoms with Crippen LogP contribution in [0.25, 0.3) is 0 Å². The predicted octanol–water partition coefficient (Wildman–Crippen LogP) is 2.06. The van der Waals surface area contributed by atoms with Crippen LogP contribution in [-0.4, -0.2) is 27.7 Å². The van der Waals surface area contributed by atoms with Gasteiger partial charge in [-0.1, -0.05) is 17.7 Å². The number of hydrogen-bond donors (Lipinski definition) is 3. The minimum Gasteiger partial charge on any atom is -0.375 e. The molecule has 3 rings (SSSR count). The first-order chi connectivity index (χ1) is 14.9. The number of hydrogen-bond acceptors (Lipinski definition) is 7. The average Bonchev–Trinajstić information content (AvgIpc) is 3.16. The van der Waals surface area contributed by atoms with Crippen molar-refractivity contribution in [2.24, 2.45) is 0 Å². The fourth-order valence-electron chi connectivity index (χ4n) is 3.18. The molecule has 10 heteroatoms. The molecular formula is C21H25ClN6O2S. The van der Waals surface area contributed by atoms with Crippen LogP contribution < -0.4 is 21.9 Å². The van der Waals surface area contributed by atoms with Crippen LogP contribution in [0.5, 0.6) is 0 Å². The molecule has 4 N–H and O–H groups in total. The molecule has 1 aromatic carbocycles. The molecule has 0 spiro atoms. The van der Waals surface area contributed by atoms with Crippen LogP contribution in [0, 0.1) is 6.92 Å². The first-order valence-electron chi connectivity index (χ1n) is 9.81. The summed E-state index contributed by atoms with van der Waals surface area (Å²) in [5, 5.41) is 13.2. The Morgan fingerprint density at radius 1 is 1.29 bits per heavy atom. The summed E-state index contributed by atoms with van der Waals surface area (Å²) in [6, 6.07) is 5.59. The minimum absolute atomic E-state index is 0.0151. The van der Waals surface area contributed by atoms with Crippen molar-refractivity contribution in [1.29, 1.82) is 0 Å². The predicted molar refractivity (Wildman–Crippen MR) is 123 cm³/mol. The fourth-order valence-corrected chi connectivity index (χ4v) is 3.97. The van der Waals surface area contributed by atoms with Crippen molar-refractivity contribution < 1.29 is 4.79 Å². The van der Waals surface area contributed by atoms with E-state index in [0.717, 1.165) is 16.8 Å². The van der Waals surface area contributed by atoms with Crippen molar-refractivity contribution in [3.05, 3.63) is 73.1 Å². The highest BCUT2D eigenvalue weighted by Crippen LogP contribution is 2.16. The molecule has 0 fully saturated rings. The maximum absolute atomic E-state index is 12.9. The number of rotatable bonds is 9. The lowest BCUT2D eigenvalue weighted by Gasteiger charge is -2.12. The van der Waals surface area contributed by atoms with E-state index < -0.39 is 0 Å². The number of nitrogens with one attached hydrogen (secondary N) is 2. The van der Waals surface area contributed by atoms with E-state index in [2.05, 4.69) is 20.7 Å². The molecule has 164 valence electrons. The van der Waals surface area contributed by atoms with Crippen LogP contribution in [0.1, 0.15) is 27.9 Å².